The second-order valence-corrected chi connectivity index (χ2v) is 4.72. The highest BCUT2D eigenvalue weighted by Crippen LogP contribution is 2.16. The number of anilines is 1. The van der Waals surface area contributed by atoms with E-state index in [4.69, 9.17) is 10.5 Å². The van der Waals surface area contributed by atoms with Crippen LogP contribution in [0.15, 0.2) is 0 Å². The molecular formula is C12H19N5O3. The predicted molar refractivity (Wildman–Crippen MR) is 72.1 cm³/mol. The summed E-state index contributed by atoms with van der Waals surface area (Å²) in [6.07, 6.45) is 0. The zero-order valence-corrected chi connectivity index (χ0v) is 11.7. The third kappa shape index (κ3) is 2.74. The minimum Gasteiger partial charge on any atom is -0.395 e. The van der Waals surface area contributed by atoms with Crippen LogP contribution in [0.2, 0.25) is 0 Å². The fourth-order valence-electron chi connectivity index (χ4n) is 2.12. The minimum atomic E-state index is -0.203. The number of nitrogens with zero attached hydrogens (tertiary/aromatic N) is 3. The van der Waals surface area contributed by atoms with Crippen LogP contribution >= 0.6 is 0 Å². The maximum absolute atomic E-state index is 12.3. The van der Waals surface area contributed by atoms with Crippen LogP contribution in [-0.4, -0.2) is 71.7 Å². The Morgan fingerprint density at radius 3 is 2.40 bits per heavy atom. The molecule has 1 aromatic heterocycles. The summed E-state index contributed by atoms with van der Waals surface area (Å²) in [5.41, 5.74) is 7.12. The van der Waals surface area contributed by atoms with Crippen LogP contribution in [0, 0.1) is 6.92 Å². The fraction of sp³-hybridized carbons (Fsp3) is 0.583. The second kappa shape index (κ2) is 5.91. The van der Waals surface area contributed by atoms with Crippen molar-refractivity contribution in [3.8, 4) is 0 Å². The van der Waals surface area contributed by atoms with Crippen molar-refractivity contribution in [2.24, 2.45) is 0 Å². The third-order valence-electron chi connectivity index (χ3n) is 3.38. The standard InChI is InChI=1S/C12H19N5O3/c1-8-10(13)11(15-14-8)12(19)17-5-3-16(4-6-17)9(18)7-20-2/h3-7,13H2,1-2H3,(H,14,15). The van der Waals surface area contributed by atoms with Crippen molar-refractivity contribution < 1.29 is 14.3 Å². The molecule has 0 saturated carbocycles. The van der Waals surface area contributed by atoms with Gasteiger partial charge in [-0.25, -0.2) is 0 Å². The van der Waals surface area contributed by atoms with Gasteiger partial charge in [0.15, 0.2) is 5.69 Å². The molecule has 8 nitrogen and oxygen atoms in total. The van der Waals surface area contributed by atoms with Gasteiger partial charge in [0, 0.05) is 33.3 Å². The molecule has 110 valence electrons. The number of amides is 2. The first kappa shape index (κ1) is 14.3. The number of rotatable bonds is 3. The number of carbonyl (C=O) groups is 2. The molecule has 2 amide bonds. The highest BCUT2D eigenvalue weighted by Gasteiger charge is 2.27. The van der Waals surface area contributed by atoms with E-state index in [0.29, 0.717) is 37.6 Å². The Morgan fingerprint density at radius 1 is 1.30 bits per heavy atom. The first-order valence-electron chi connectivity index (χ1n) is 6.41. The van der Waals surface area contributed by atoms with E-state index in [0.717, 1.165) is 0 Å². The van der Waals surface area contributed by atoms with Crippen LogP contribution in [0.5, 0.6) is 0 Å². The average molecular weight is 281 g/mol. The monoisotopic (exact) mass is 281 g/mol. The predicted octanol–water partition coefficient (Wildman–Crippen LogP) is -0.769. The number of aromatic amines is 1. The zero-order chi connectivity index (χ0) is 14.7. The molecule has 8 heteroatoms. The Labute approximate surface area is 116 Å². The Hall–Kier alpha value is -2.09. The molecule has 0 radical (unpaired) electrons. The molecule has 2 rings (SSSR count). The van der Waals surface area contributed by atoms with Gasteiger partial charge in [0.25, 0.3) is 5.91 Å². The molecule has 1 saturated heterocycles. The molecule has 0 atom stereocenters. The molecule has 0 spiro atoms. The Bertz CT molecular complexity index is 505. The van der Waals surface area contributed by atoms with Gasteiger partial charge in [-0.05, 0) is 6.92 Å². The Balaban J connectivity index is 1.95. The number of methoxy groups -OCH3 is 1. The van der Waals surface area contributed by atoms with Gasteiger partial charge in [0.1, 0.15) is 6.61 Å². The van der Waals surface area contributed by atoms with Gasteiger partial charge in [-0.3, -0.25) is 14.7 Å². The van der Waals surface area contributed by atoms with E-state index in [9.17, 15) is 9.59 Å². The van der Waals surface area contributed by atoms with E-state index in [1.165, 1.54) is 7.11 Å². The normalized spacial score (nSPS) is 15.5. The summed E-state index contributed by atoms with van der Waals surface area (Å²) in [5.74, 6) is -0.264. The number of nitrogens with two attached hydrogens (primary N) is 1. The van der Waals surface area contributed by atoms with Crippen molar-refractivity contribution in [2.45, 2.75) is 6.92 Å². The van der Waals surface area contributed by atoms with Crippen molar-refractivity contribution >= 4 is 17.5 Å². The number of nitrogen functional groups attached to an aromatic ring is 1. The van der Waals surface area contributed by atoms with E-state index in [1.807, 2.05) is 0 Å². The van der Waals surface area contributed by atoms with Crippen LogP contribution in [0.1, 0.15) is 16.2 Å². The molecule has 0 unspecified atom stereocenters. The molecule has 0 bridgehead atoms. The van der Waals surface area contributed by atoms with Gasteiger partial charge in [-0.1, -0.05) is 0 Å². The van der Waals surface area contributed by atoms with Gasteiger partial charge in [-0.2, -0.15) is 5.10 Å². The number of aryl methyl sites for hydroxylation is 1. The Morgan fingerprint density at radius 2 is 1.90 bits per heavy atom. The number of aromatic nitrogens is 2. The average Bonchev–Trinajstić information content (AvgIpc) is 2.79. The lowest BCUT2D eigenvalue weighted by Gasteiger charge is -2.34. The van der Waals surface area contributed by atoms with Crippen LogP contribution in [0.3, 0.4) is 0 Å². The molecule has 1 aliphatic rings. The van der Waals surface area contributed by atoms with Crippen molar-refractivity contribution in [1.29, 1.82) is 0 Å². The molecule has 20 heavy (non-hydrogen) atoms. The number of hydrogen-bond donors (Lipinski definition) is 2. The molecule has 3 N–H and O–H groups in total. The lowest BCUT2D eigenvalue weighted by atomic mass is 10.2. The number of nitrogens with one attached hydrogen (secondary N) is 1. The van der Waals surface area contributed by atoms with E-state index < -0.39 is 0 Å². The van der Waals surface area contributed by atoms with Crippen molar-refractivity contribution in [2.75, 3.05) is 45.6 Å². The van der Waals surface area contributed by atoms with Gasteiger partial charge in [0.2, 0.25) is 5.91 Å². The number of hydrogen-bond acceptors (Lipinski definition) is 5. The maximum atomic E-state index is 12.3. The first-order valence-corrected chi connectivity index (χ1v) is 6.41. The summed E-state index contributed by atoms with van der Waals surface area (Å²) >= 11 is 0. The number of ether oxygens (including phenoxy) is 1. The minimum absolute atomic E-state index is 0.0604. The van der Waals surface area contributed by atoms with E-state index in [1.54, 1.807) is 16.7 Å². The quantitative estimate of drug-likeness (QED) is 0.757. The fourth-order valence-corrected chi connectivity index (χ4v) is 2.12. The SMILES string of the molecule is COCC(=O)N1CCN(C(=O)c2n[nH]c(C)c2N)CC1. The summed E-state index contributed by atoms with van der Waals surface area (Å²) in [5, 5.41) is 6.63. The highest BCUT2D eigenvalue weighted by molar-refractivity contribution is 5.97. The van der Waals surface area contributed by atoms with E-state index in [-0.39, 0.29) is 24.1 Å². The van der Waals surface area contributed by atoms with Crippen LogP contribution in [0.25, 0.3) is 0 Å². The van der Waals surface area contributed by atoms with Crippen molar-refractivity contribution in [3.05, 3.63) is 11.4 Å². The largest absolute Gasteiger partial charge is 0.395 e. The van der Waals surface area contributed by atoms with Gasteiger partial charge < -0.3 is 20.3 Å². The zero-order valence-electron chi connectivity index (χ0n) is 11.7. The number of H-pyrrole nitrogens is 1. The third-order valence-corrected chi connectivity index (χ3v) is 3.38. The molecule has 1 aliphatic heterocycles. The summed E-state index contributed by atoms with van der Waals surface area (Å²) in [4.78, 5) is 27.3. The maximum Gasteiger partial charge on any atom is 0.276 e. The van der Waals surface area contributed by atoms with Crippen molar-refractivity contribution in [1.82, 2.24) is 20.0 Å². The Kier molecular flexibility index (Phi) is 4.23. The smallest absolute Gasteiger partial charge is 0.276 e. The molecule has 1 fully saturated rings. The van der Waals surface area contributed by atoms with Crippen LogP contribution < -0.4 is 5.73 Å². The van der Waals surface area contributed by atoms with Gasteiger partial charge >= 0.3 is 0 Å². The van der Waals surface area contributed by atoms with Crippen LogP contribution in [0.4, 0.5) is 5.69 Å². The van der Waals surface area contributed by atoms with E-state index in [2.05, 4.69) is 10.2 Å². The van der Waals surface area contributed by atoms with E-state index >= 15 is 0 Å². The number of carbonyl (C=O) groups excluding carboxylic acids is 2. The highest BCUT2D eigenvalue weighted by atomic mass is 16.5. The molecular weight excluding hydrogens is 262 g/mol. The number of piperazine rings is 1. The topological polar surface area (TPSA) is 105 Å². The summed E-state index contributed by atoms with van der Waals surface area (Å²) in [6.45, 7) is 3.77. The first-order chi connectivity index (χ1) is 9.54. The van der Waals surface area contributed by atoms with Crippen LogP contribution in [-0.2, 0) is 9.53 Å². The van der Waals surface area contributed by atoms with Gasteiger partial charge in [0.05, 0.1) is 11.4 Å². The molecule has 1 aromatic rings. The second-order valence-electron chi connectivity index (χ2n) is 4.72. The lowest BCUT2D eigenvalue weighted by Crippen LogP contribution is -2.51. The molecule has 2 heterocycles. The van der Waals surface area contributed by atoms with Gasteiger partial charge in [-0.15, -0.1) is 0 Å². The lowest BCUT2D eigenvalue weighted by molar-refractivity contribution is -0.136. The molecule has 0 aliphatic carbocycles. The summed E-state index contributed by atoms with van der Waals surface area (Å²) in [6, 6.07) is 0. The summed E-state index contributed by atoms with van der Waals surface area (Å²) < 4.78 is 4.82. The molecule has 0 aromatic carbocycles. The summed E-state index contributed by atoms with van der Waals surface area (Å²) in [7, 11) is 1.49. The van der Waals surface area contributed by atoms with Crippen molar-refractivity contribution in [3.63, 3.8) is 0 Å².